The van der Waals surface area contributed by atoms with Crippen molar-refractivity contribution in [2.24, 2.45) is 5.73 Å². The van der Waals surface area contributed by atoms with Crippen LogP contribution in [0.5, 0.6) is 0 Å². The summed E-state index contributed by atoms with van der Waals surface area (Å²) >= 11 is 0. The maximum Gasteiger partial charge on any atom is 0.108 e. The molecule has 0 aromatic carbocycles. The molecule has 0 aliphatic carbocycles. The number of nitrogens with two attached hydrogens (primary N) is 1. The summed E-state index contributed by atoms with van der Waals surface area (Å²) in [5.41, 5.74) is 6.97. The summed E-state index contributed by atoms with van der Waals surface area (Å²) in [7, 11) is 0. The number of aromatic nitrogens is 1. The molecule has 0 bridgehead atoms. The van der Waals surface area contributed by atoms with E-state index < -0.39 is 6.10 Å². The number of pyridine rings is 1. The van der Waals surface area contributed by atoms with E-state index in [1.54, 1.807) is 12.3 Å². The van der Waals surface area contributed by atoms with Gasteiger partial charge in [-0.1, -0.05) is 6.07 Å². The molecule has 0 radical (unpaired) electrons. The van der Waals surface area contributed by atoms with Gasteiger partial charge in [0.1, 0.15) is 6.10 Å². The zero-order valence-electron chi connectivity index (χ0n) is 6.49. The quantitative estimate of drug-likeness (QED) is 0.644. The molecule has 0 aliphatic rings. The van der Waals surface area contributed by atoms with E-state index in [2.05, 4.69) is 4.98 Å². The van der Waals surface area contributed by atoms with Crippen molar-refractivity contribution in [3.8, 4) is 0 Å². The van der Waals surface area contributed by atoms with Gasteiger partial charge in [0.15, 0.2) is 0 Å². The fourth-order valence-corrected chi connectivity index (χ4v) is 0.797. The minimum atomic E-state index is -0.629. The second kappa shape index (κ2) is 3.46. The summed E-state index contributed by atoms with van der Waals surface area (Å²) in [4.78, 5) is 4.02. The lowest BCUT2D eigenvalue weighted by Crippen LogP contribution is -2.12. The predicted molar refractivity (Wildman–Crippen MR) is 43.0 cm³/mol. The Bertz CT molecular complexity index is 220. The Morgan fingerprint density at radius 1 is 1.64 bits per heavy atom. The molecule has 0 amide bonds. The molecular formula is C8H12N2O. The molecule has 1 unspecified atom stereocenters. The molecule has 0 saturated heterocycles. The summed E-state index contributed by atoms with van der Waals surface area (Å²) < 4.78 is 0. The number of hydrogen-bond donors (Lipinski definition) is 2. The Morgan fingerprint density at radius 2 is 2.36 bits per heavy atom. The highest BCUT2D eigenvalue weighted by atomic mass is 16.3. The molecule has 1 aromatic heterocycles. The third kappa shape index (κ3) is 2.00. The van der Waals surface area contributed by atoms with Crippen LogP contribution in [0.3, 0.4) is 0 Å². The van der Waals surface area contributed by atoms with Crippen LogP contribution in [-0.4, -0.2) is 16.6 Å². The van der Waals surface area contributed by atoms with Gasteiger partial charge in [-0.3, -0.25) is 4.98 Å². The molecule has 0 spiro atoms. The van der Waals surface area contributed by atoms with E-state index >= 15 is 0 Å². The van der Waals surface area contributed by atoms with Gasteiger partial charge in [-0.25, -0.2) is 0 Å². The third-order valence-electron chi connectivity index (χ3n) is 1.50. The second-order valence-corrected chi connectivity index (χ2v) is 2.51. The Morgan fingerprint density at radius 3 is 2.82 bits per heavy atom. The van der Waals surface area contributed by atoms with Crippen molar-refractivity contribution < 1.29 is 5.11 Å². The first-order valence-corrected chi connectivity index (χ1v) is 3.54. The number of aliphatic hydroxyl groups is 1. The minimum Gasteiger partial charge on any atom is -0.385 e. The molecule has 3 heteroatoms. The molecule has 0 saturated carbocycles. The zero-order chi connectivity index (χ0) is 8.27. The summed E-state index contributed by atoms with van der Waals surface area (Å²) in [5, 5.41) is 9.23. The van der Waals surface area contributed by atoms with Gasteiger partial charge < -0.3 is 10.8 Å². The molecule has 3 nitrogen and oxygen atoms in total. The molecule has 11 heavy (non-hydrogen) atoms. The van der Waals surface area contributed by atoms with Crippen LogP contribution < -0.4 is 5.73 Å². The van der Waals surface area contributed by atoms with Gasteiger partial charge in [0.05, 0.1) is 5.69 Å². The van der Waals surface area contributed by atoms with Crippen molar-refractivity contribution in [1.29, 1.82) is 0 Å². The van der Waals surface area contributed by atoms with Crippen LogP contribution in [-0.2, 0) is 0 Å². The Balaban J connectivity index is 2.81. The topological polar surface area (TPSA) is 59.1 Å². The van der Waals surface area contributed by atoms with Crippen LogP contribution in [0.2, 0.25) is 0 Å². The zero-order valence-corrected chi connectivity index (χ0v) is 6.49. The molecule has 1 heterocycles. The average Bonchev–Trinajstić information content (AvgIpc) is 2.05. The number of aryl methyl sites for hydroxylation is 1. The number of rotatable bonds is 2. The summed E-state index contributed by atoms with van der Waals surface area (Å²) in [6.45, 7) is 2.17. The molecule has 0 fully saturated rings. The highest BCUT2D eigenvalue weighted by molar-refractivity contribution is 5.13. The molecule has 3 N–H and O–H groups in total. The summed E-state index contributed by atoms with van der Waals surface area (Å²) in [6.07, 6.45) is 1.09. The fourth-order valence-electron chi connectivity index (χ4n) is 0.797. The van der Waals surface area contributed by atoms with Gasteiger partial charge in [0.2, 0.25) is 0 Å². The molecule has 60 valence electrons. The Kier molecular flexibility index (Phi) is 2.57. The standard InChI is InChI=1S/C8H12N2O/c1-6-2-3-7(10-5-6)8(11)4-9/h2-3,5,8,11H,4,9H2,1H3. The SMILES string of the molecule is Cc1ccc(C(O)CN)nc1. The third-order valence-corrected chi connectivity index (χ3v) is 1.50. The lowest BCUT2D eigenvalue weighted by molar-refractivity contribution is 0.182. The van der Waals surface area contributed by atoms with Crippen molar-refractivity contribution >= 4 is 0 Å². The van der Waals surface area contributed by atoms with Crippen molar-refractivity contribution in [1.82, 2.24) is 4.98 Å². The van der Waals surface area contributed by atoms with E-state index in [1.807, 2.05) is 13.0 Å². The molecule has 1 atom stereocenters. The fraction of sp³-hybridized carbons (Fsp3) is 0.375. The van der Waals surface area contributed by atoms with E-state index in [-0.39, 0.29) is 6.54 Å². The predicted octanol–water partition coefficient (Wildman–Crippen LogP) is 0.382. The van der Waals surface area contributed by atoms with Crippen LogP contribution in [0.1, 0.15) is 17.4 Å². The smallest absolute Gasteiger partial charge is 0.108 e. The average molecular weight is 152 g/mol. The van der Waals surface area contributed by atoms with Gasteiger partial charge in [0.25, 0.3) is 0 Å². The van der Waals surface area contributed by atoms with Crippen molar-refractivity contribution in [3.63, 3.8) is 0 Å². The van der Waals surface area contributed by atoms with Crippen molar-refractivity contribution in [3.05, 3.63) is 29.6 Å². The van der Waals surface area contributed by atoms with E-state index in [1.165, 1.54) is 0 Å². The van der Waals surface area contributed by atoms with E-state index in [0.717, 1.165) is 5.56 Å². The maximum atomic E-state index is 9.23. The minimum absolute atomic E-state index is 0.218. The Labute approximate surface area is 65.9 Å². The summed E-state index contributed by atoms with van der Waals surface area (Å²) in [6, 6.07) is 3.69. The molecular weight excluding hydrogens is 140 g/mol. The second-order valence-electron chi connectivity index (χ2n) is 2.51. The molecule has 0 aliphatic heterocycles. The van der Waals surface area contributed by atoms with E-state index in [9.17, 15) is 5.11 Å². The normalized spacial score (nSPS) is 13.0. The van der Waals surface area contributed by atoms with Gasteiger partial charge in [-0.2, -0.15) is 0 Å². The Hall–Kier alpha value is -0.930. The lowest BCUT2D eigenvalue weighted by atomic mass is 10.2. The van der Waals surface area contributed by atoms with Crippen LogP contribution in [0.15, 0.2) is 18.3 Å². The number of hydrogen-bond acceptors (Lipinski definition) is 3. The highest BCUT2D eigenvalue weighted by Gasteiger charge is 2.04. The van der Waals surface area contributed by atoms with Crippen molar-refractivity contribution in [2.75, 3.05) is 6.54 Å². The van der Waals surface area contributed by atoms with Crippen LogP contribution in [0.4, 0.5) is 0 Å². The van der Waals surface area contributed by atoms with Gasteiger partial charge in [-0.05, 0) is 18.6 Å². The summed E-state index contributed by atoms with van der Waals surface area (Å²) in [5.74, 6) is 0. The molecule has 1 rings (SSSR count). The maximum absolute atomic E-state index is 9.23. The lowest BCUT2D eigenvalue weighted by Gasteiger charge is -2.05. The first kappa shape index (κ1) is 8.17. The molecule has 1 aromatic rings. The number of nitrogens with zero attached hydrogens (tertiary/aromatic N) is 1. The van der Waals surface area contributed by atoms with Crippen LogP contribution in [0, 0.1) is 6.92 Å². The van der Waals surface area contributed by atoms with Gasteiger partial charge >= 0.3 is 0 Å². The number of aliphatic hydroxyl groups excluding tert-OH is 1. The van der Waals surface area contributed by atoms with E-state index in [4.69, 9.17) is 5.73 Å². The van der Waals surface area contributed by atoms with Crippen LogP contribution in [0.25, 0.3) is 0 Å². The highest BCUT2D eigenvalue weighted by Crippen LogP contribution is 2.07. The van der Waals surface area contributed by atoms with Crippen LogP contribution >= 0.6 is 0 Å². The van der Waals surface area contributed by atoms with Crippen molar-refractivity contribution in [2.45, 2.75) is 13.0 Å². The first-order valence-electron chi connectivity index (χ1n) is 3.54. The van der Waals surface area contributed by atoms with Gasteiger partial charge in [0, 0.05) is 12.7 Å². The van der Waals surface area contributed by atoms with E-state index in [0.29, 0.717) is 5.69 Å². The largest absolute Gasteiger partial charge is 0.385 e. The van der Waals surface area contributed by atoms with Gasteiger partial charge in [-0.15, -0.1) is 0 Å². The monoisotopic (exact) mass is 152 g/mol. The first-order chi connectivity index (χ1) is 5.24.